The zero-order valence-corrected chi connectivity index (χ0v) is 15.6. The number of hydrogen-bond acceptors (Lipinski definition) is 4. The molecular weight excluding hydrogens is 333 g/mol. The summed E-state index contributed by atoms with van der Waals surface area (Å²) < 4.78 is 25.7. The largest absolute Gasteiger partial charge is 0.474 e. The number of esters is 1. The molecule has 3 rings (SSSR count). The predicted octanol–water partition coefficient (Wildman–Crippen LogP) is 4.72. The maximum atomic E-state index is 14.6. The average Bonchev–Trinajstić information content (AvgIpc) is 2.60. The molecule has 0 N–H and O–H groups in total. The summed E-state index contributed by atoms with van der Waals surface area (Å²) in [6, 6.07) is 6.70. The van der Waals surface area contributed by atoms with Crippen molar-refractivity contribution < 1.29 is 18.7 Å². The van der Waals surface area contributed by atoms with Crippen LogP contribution in [0.5, 0.6) is 5.88 Å². The van der Waals surface area contributed by atoms with Gasteiger partial charge >= 0.3 is 5.97 Å². The third-order valence-corrected chi connectivity index (χ3v) is 4.67. The van der Waals surface area contributed by atoms with Gasteiger partial charge in [-0.15, -0.1) is 0 Å². The van der Waals surface area contributed by atoms with Crippen molar-refractivity contribution in [2.45, 2.75) is 46.6 Å². The number of aryl methyl sites for hydroxylation is 1. The van der Waals surface area contributed by atoms with Gasteiger partial charge in [-0.05, 0) is 55.9 Å². The van der Waals surface area contributed by atoms with E-state index >= 15 is 0 Å². The summed E-state index contributed by atoms with van der Waals surface area (Å²) in [6.07, 6.45) is 1.60. The fourth-order valence-electron chi connectivity index (χ4n) is 3.23. The normalized spacial score (nSPS) is 16.2. The molecule has 0 radical (unpaired) electrons. The van der Waals surface area contributed by atoms with E-state index < -0.39 is 5.97 Å². The van der Waals surface area contributed by atoms with Crippen molar-refractivity contribution in [3.63, 3.8) is 0 Å². The number of nitrogens with zero attached hydrogens (tertiary/aromatic N) is 1. The standard InChI is InChI=1S/C21H24FNO3/c1-5-25-21(24)18-11-16(14-7-6-13(4)10-17(14)22)15-8-9-19(12(2)3)26-20(15)23-18/h6-7,10-12,19H,5,8-9H2,1-4H3/t19-/m0/s1. The number of hydrogen-bond donors (Lipinski definition) is 0. The van der Waals surface area contributed by atoms with Gasteiger partial charge in [0.25, 0.3) is 0 Å². The highest BCUT2D eigenvalue weighted by Gasteiger charge is 2.28. The number of carbonyl (C=O) groups is 1. The Hall–Kier alpha value is -2.43. The van der Waals surface area contributed by atoms with Gasteiger partial charge in [-0.1, -0.05) is 26.0 Å². The first-order chi connectivity index (χ1) is 12.4. The second-order valence-electron chi connectivity index (χ2n) is 6.98. The molecule has 0 spiro atoms. The number of fused-ring (bicyclic) bond motifs is 1. The summed E-state index contributed by atoms with van der Waals surface area (Å²) in [6.45, 7) is 8.01. The lowest BCUT2D eigenvalue weighted by Crippen LogP contribution is -2.29. The first-order valence-electron chi connectivity index (χ1n) is 9.05. The van der Waals surface area contributed by atoms with Crippen molar-refractivity contribution in [3.05, 3.63) is 46.9 Å². The Morgan fingerprint density at radius 2 is 2.12 bits per heavy atom. The number of aromatic nitrogens is 1. The minimum absolute atomic E-state index is 0.0307. The van der Waals surface area contributed by atoms with Crippen LogP contribution in [0.3, 0.4) is 0 Å². The maximum absolute atomic E-state index is 14.6. The van der Waals surface area contributed by atoms with Crippen LogP contribution in [0.25, 0.3) is 11.1 Å². The van der Waals surface area contributed by atoms with Crippen molar-refractivity contribution >= 4 is 5.97 Å². The smallest absolute Gasteiger partial charge is 0.357 e. The molecule has 2 heterocycles. The molecule has 5 heteroatoms. The van der Waals surface area contributed by atoms with Crippen molar-refractivity contribution in [1.29, 1.82) is 0 Å². The molecule has 1 aliphatic rings. The lowest BCUT2D eigenvalue weighted by Gasteiger charge is -2.29. The highest BCUT2D eigenvalue weighted by atomic mass is 19.1. The van der Waals surface area contributed by atoms with E-state index in [4.69, 9.17) is 9.47 Å². The molecule has 1 atom stereocenters. The van der Waals surface area contributed by atoms with Crippen molar-refractivity contribution in [1.82, 2.24) is 4.98 Å². The predicted molar refractivity (Wildman–Crippen MR) is 97.9 cm³/mol. The Morgan fingerprint density at radius 3 is 2.77 bits per heavy atom. The second-order valence-corrected chi connectivity index (χ2v) is 6.98. The number of halogens is 1. The molecule has 2 aromatic rings. The van der Waals surface area contributed by atoms with Gasteiger partial charge in [0.2, 0.25) is 5.88 Å². The SMILES string of the molecule is CCOC(=O)c1cc(-c2ccc(C)cc2F)c2c(n1)O[C@H](C(C)C)CC2. The number of carbonyl (C=O) groups excluding carboxylic acids is 1. The van der Waals surface area contributed by atoms with E-state index in [1.165, 1.54) is 6.07 Å². The molecule has 0 aliphatic carbocycles. The van der Waals surface area contributed by atoms with E-state index in [2.05, 4.69) is 18.8 Å². The minimum Gasteiger partial charge on any atom is -0.474 e. The van der Waals surface area contributed by atoms with E-state index in [-0.39, 0.29) is 24.2 Å². The molecular formula is C21H24FNO3. The van der Waals surface area contributed by atoms with E-state index in [0.717, 1.165) is 24.0 Å². The Balaban J connectivity index is 2.15. The molecule has 0 saturated carbocycles. The van der Waals surface area contributed by atoms with Gasteiger partial charge in [0.1, 0.15) is 11.9 Å². The van der Waals surface area contributed by atoms with E-state index in [0.29, 0.717) is 22.9 Å². The van der Waals surface area contributed by atoms with Gasteiger partial charge in [-0.3, -0.25) is 0 Å². The zero-order valence-electron chi connectivity index (χ0n) is 15.6. The van der Waals surface area contributed by atoms with Crippen LogP contribution in [0.15, 0.2) is 24.3 Å². The van der Waals surface area contributed by atoms with Gasteiger partial charge in [0, 0.05) is 11.1 Å². The monoisotopic (exact) mass is 357 g/mol. The van der Waals surface area contributed by atoms with Crippen LogP contribution in [0.1, 0.15) is 48.8 Å². The van der Waals surface area contributed by atoms with Gasteiger partial charge in [-0.25, -0.2) is 14.2 Å². The van der Waals surface area contributed by atoms with Crippen LogP contribution >= 0.6 is 0 Å². The highest BCUT2D eigenvalue weighted by molar-refractivity contribution is 5.90. The first-order valence-corrected chi connectivity index (χ1v) is 9.05. The third-order valence-electron chi connectivity index (χ3n) is 4.67. The van der Waals surface area contributed by atoms with Crippen molar-refractivity contribution in [3.8, 4) is 17.0 Å². The molecule has 0 fully saturated rings. The van der Waals surface area contributed by atoms with E-state index in [1.54, 1.807) is 19.1 Å². The first kappa shape index (κ1) is 18.4. The Bertz CT molecular complexity index is 832. The van der Waals surface area contributed by atoms with Crippen LogP contribution in [-0.2, 0) is 11.2 Å². The zero-order chi connectivity index (χ0) is 18.8. The van der Waals surface area contributed by atoms with Gasteiger partial charge in [-0.2, -0.15) is 0 Å². The molecule has 138 valence electrons. The molecule has 0 unspecified atom stereocenters. The maximum Gasteiger partial charge on any atom is 0.357 e. The highest BCUT2D eigenvalue weighted by Crippen LogP contribution is 2.37. The quantitative estimate of drug-likeness (QED) is 0.743. The average molecular weight is 357 g/mol. The lowest BCUT2D eigenvalue weighted by atomic mass is 9.91. The molecule has 26 heavy (non-hydrogen) atoms. The Labute approximate surface area is 153 Å². The second kappa shape index (κ2) is 7.44. The van der Waals surface area contributed by atoms with Gasteiger partial charge in [0.05, 0.1) is 6.61 Å². The molecule has 4 nitrogen and oxygen atoms in total. The lowest BCUT2D eigenvalue weighted by molar-refractivity contribution is 0.0515. The fraction of sp³-hybridized carbons (Fsp3) is 0.429. The van der Waals surface area contributed by atoms with Crippen LogP contribution < -0.4 is 4.74 Å². The number of rotatable bonds is 4. The van der Waals surface area contributed by atoms with Crippen molar-refractivity contribution in [2.75, 3.05) is 6.61 Å². The van der Waals surface area contributed by atoms with Gasteiger partial charge < -0.3 is 9.47 Å². The van der Waals surface area contributed by atoms with Crippen molar-refractivity contribution in [2.24, 2.45) is 5.92 Å². The molecule has 1 aromatic heterocycles. The molecule has 1 aliphatic heterocycles. The summed E-state index contributed by atoms with van der Waals surface area (Å²) in [5, 5.41) is 0. The number of pyridine rings is 1. The van der Waals surface area contributed by atoms with E-state index in [9.17, 15) is 9.18 Å². The Morgan fingerprint density at radius 1 is 1.35 bits per heavy atom. The van der Waals surface area contributed by atoms with E-state index in [1.807, 2.05) is 13.0 Å². The summed E-state index contributed by atoms with van der Waals surface area (Å²) in [5.74, 6) is -0.107. The van der Waals surface area contributed by atoms with Gasteiger partial charge in [0.15, 0.2) is 5.69 Å². The number of benzene rings is 1. The number of ether oxygens (including phenoxy) is 2. The van der Waals surface area contributed by atoms with Crippen LogP contribution in [-0.4, -0.2) is 23.7 Å². The minimum atomic E-state index is -0.528. The molecule has 0 bridgehead atoms. The topological polar surface area (TPSA) is 48.4 Å². The summed E-state index contributed by atoms with van der Waals surface area (Å²) in [5.41, 5.74) is 2.93. The molecule has 0 saturated heterocycles. The van der Waals surface area contributed by atoms with Crippen LogP contribution in [0.4, 0.5) is 4.39 Å². The summed E-state index contributed by atoms with van der Waals surface area (Å²) in [4.78, 5) is 16.6. The van der Waals surface area contributed by atoms with Crippen LogP contribution in [0, 0.1) is 18.7 Å². The fourth-order valence-corrected chi connectivity index (χ4v) is 3.23. The summed E-state index contributed by atoms with van der Waals surface area (Å²) in [7, 11) is 0. The summed E-state index contributed by atoms with van der Waals surface area (Å²) >= 11 is 0. The Kier molecular flexibility index (Phi) is 5.25. The van der Waals surface area contributed by atoms with Crippen LogP contribution in [0.2, 0.25) is 0 Å². The molecule has 0 amide bonds. The third kappa shape index (κ3) is 3.57. The molecule has 1 aromatic carbocycles.